The number of rotatable bonds is 9. The molecule has 3 atom stereocenters. The van der Waals surface area contributed by atoms with Crippen molar-refractivity contribution in [2.24, 2.45) is 0 Å². The molecule has 14 rings (SSSR count). The number of hydrogen-bond acceptors (Lipinski definition) is 2. The number of aromatic nitrogens is 1. The second-order valence-corrected chi connectivity index (χ2v) is 22.9. The molecular weight excluding hydrogens is 863 g/mol. The fourth-order valence-corrected chi connectivity index (χ4v) is 17.2. The maximum Gasteiger partial charge on any atom is 0.179 e. The zero-order valence-corrected chi connectivity index (χ0v) is 39.7. The summed E-state index contributed by atoms with van der Waals surface area (Å²) < 4.78 is 2.48. The molecule has 0 saturated heterocycles. The standard InChI is InChI=1S/C66H49N3Si/c1-5-19-48(20-6-1)68-62-30-16-13-27-56(62)59-43-47(35-42-65(59)68)46-33-36-49(37-34-46)67(51-44-60-57-28-14-17-31-63(57)69-64-32-18-15-29-58(64)61(45-51)66(60)69)50-38-40-55(41-39-50)70(52-21-7-2-8-22-52,53-23-9-3-10-24-53)54-25-11-4-12-26-54/h1-36,38-45,49,56,62H,37H2. The largest absolute Gasteiger partial charge is 0.334 e. The summed E-state index contributed by atoms with van der Waals surface area (Å²) in [6.07, 6.45) is 17.3. The summed E-state index contributed by atoms with van der Waals surface area (Å²) in [7, 11) is -2.73. The van der Waals surface area contributed by atoms with Gasteiger partial charge in [-0.3, -0.25) is 0 Å². The Bertz CT molecular complexity index is 3690. The molecule has 332 valence electrons. The SMILES string of the molecule is C1=CC2c3cc(C4=CCC(N(c5ccc([Si](c6ccccc6)(c6ccccc6)c6ccccc6)cc5)c5cc6c7ccccc7n7c8ccccc8c(c5)c67)C=C4)ccc3N(c3ccccc3)C2C=C1. The minimum absolute atomic E-state index is 0.0717. The summed E-state index contributed by atoms with van der Waals surface area (Å²) in [6, 6.07) is 84.5. The van der Waals surface area contributed by atoms with Crippen LogP contribution in [0.25, 0.3) is 43.7 Å². The highest BCUT2D eigenvalue weighted by molar-refractivity contribution is 7.19. The third kappa shape index (κ3) is 6.20. The molecule has 9 aromatic carbocycles. The van der Waals surface area contributed by atoms with Gasteiger partial charge in [0.05, 0.1) is 28.6 Å². The van der Waals surface area contributed by atoms with Gasteiger partial charge in [0.25, 0.3) is 0 Å². The van der Waals surface area contributed by atoms with Gasteiger partial charge in [0.1, 0.15) is 0 Å². The van der Waals surface area contributed by atoms with Gasteiger partial charge in [0.15, 0.2) is 8.07 Å². The van der Waals surface area contributed by atoms with Crippen molar-refractivity contribution in [3.05, 3.63) is 278 Å². The molecule has 3 aliphatic rings. The number of benzene rings is 9. The first-order valence-electron chi connectivity index (χ1n) is 24.7. The molecule has 0 amide bonds. The summed E-state index contributed by atoms with van der Waals surface area (Å²) in [4.78, 5) is 5.12. The number of hydrogen-bond donors (Lipinski definition) is 0. The van der Waals surface area contributed by atoms with Gasteiger partial charge in [0, 0.05) is 50.2 Å². The molecule has 0 saturated carbocycles. The van der Waals surface area contributed by atoms with Gasteiger partial charge >= 0.3 is 0 Å². The van der Waals surface area contributed by atoms with Crippen LogP contribution in [0.15, 0.2) is 267 Å². The van der Waals surface area contributed by atoms with Crippen molar-refractivity contribution in [3.63, 3.8) is 0 Å². The van der Waals surface area contributed by atoms with E-state index in [-0.39, 0.29) is 12.1 Å². The molecule has 11 aromatic rings. The van der Waals surface area contributed by atoms with Crippen LogP contribution in [-0.2, 0) is 0 Å². The fourth-order valence-electron chi connectivity index (χ4n) is 12.5. The van der Waals surface area contributed by atoms with E-state index in [1.54, 1.807) is 0 Å². The average molecular weight is 912 g/mol. The predicted octanol–water partition coefficient (Wildman–Crippen LogP) is 13.5. The third-order valence-electron chi connectivity index (χ3n) is 15.5. The second kappa shape index (κ2) is 16.4. The van der Waals surface area contributed by atoms with E-state index in [1.807, 2.05) is 0 Å². The van der Waals surface area contributed by atoms with Crippen molar-refractivity contribution in [1.29, 1.82) is 0 Å². The average Bonchev–Trinajstić information content (AvgIpc) is 4.08. The summed E-state index contributed by atoms with van der Waals surface area (Å²) in [5, 5.41) is 10.6. The van der Waals surface area contributed by atoms with Crippen molar-refractivity contribution in [1.82, 2.24) is 4.40 Å². The molecule has 2 aliphatic carbocycles. The molecule has 70 heavy (non-hydrogen) atoms. The summed E-state index contributed by atoms with van der Waals surface area (Å²) in [5.74, 6) is 0.301. The van der Waals surface area contributed by atoms with Crippen molar-refractivity contribution in [2.45, 2.75) is 24.4 Å². The van der Waals surface area contributed by atoms with Crippen LogP contribution in [0, 0.1) is 0 Å². The Morgan fingerprint density at radius 1 is 0.457 bits per heavy atom. The van der Waals surface area contributed by atoms with Gasteiger partial charge < -0.3 is 14.2 Å². The van der Waals surface area contributed by atoms with Crippen molar-refractivity contribution in [3.8, 4) is 0 Å². The molecule has 0 fully saturated rings. The number of para-hydroxylation sites is 3. The number of allylic oxidation sites excluding steroid dienone is 4. The van der Waals surface area contributed by atoms with Crippen molar-refractivity contribution >= 4 is 95.2 Å². The first-order chi connectivity index (χ1) is 34.7. The van der Waals surface area contributed by atoms with E-state index in [0.717, 1.165) is 6.42 Å². The zero-order chi connectivity index (χ0) is 46.2. The minimum atomic E-state index is -2.73. The number of fused-ring (bicyclic) bond motifs is 9. The first kappa shape index (κ1) is 40.6. The highest BCUT2D eigenvalue weighted by atomic mass is 28.3. The Labute approximate surface area is 409 Å². The Morgan fingerprint density at radius 2 is 1.00 bits per heavy atom. The van der Waals surface area contributed by atoms with Gasteiger partial charge in [-0.1, -0.05) is 206 Å². The predicted molar refractivity (Wildman–Crippen MR) is 299 cm³/mol. The lowest BCUT2D eigenvalue weighted by atomic mass is 9.88. The van der Waals surface area contributed by atoms with Crippen LogP contribution < -0.4 is 30.5 Å². The summed E-state index contributed by atoms with van der Waals surface area (Å²) >= 11 is 0. The van der Waals surface area contributed by atoms with Gasteiger partial charge in [-0.25, -0.2) is 0 Å². The van der Waals surface area contributed by atoms with Crippen molar-refractivity contribution < 1.29 is 0 Å². The van der Waals surface area contributed by atoms with E-state index in [2.05, 4.69) is 281 Å². The van der Waals surface area contributed by atoms with Crippen LogP contribution in [0.3, 0.4) is 0 Å². The van der Waals surface area contributed by atoms with Gasteiger partial charge in [-0.15, -0.1) is 0 Å². The molecular formula is C66H49N3Si. The van der Waals surface area contributed by atoms with Crippen LogP contribution in [0.1, 0.15) is 23.5 Å². The molecule has 3 heterocycles. The lowest BCUT2D eigenvalue weighted by molar-refractivity contribution is 0.744. The third-order valence-corrected chi connectivity index (χ3v) is 20.3. The summed E-state index contributed by atoms with van der Waals surface area (Å²) in [6.45, 7) is 0. The number of anilines is 4. The Kier molecular flexibility index (Phi) is 9.50. The molecule has 3 nitrogen and oxygen atoms in total. The number of nitrogens with zero attached hydrogens (tertiary/aromatic N) is 3. The van der Waals surface area contributed by atoms with E-state index in [9.17, 15) is 0 Å². The van der Waals surface area contributed by atoms with Crippen LogP contribution in [0.2, 0.25) is 0 Å². The Morgan fingerprint density at radius 3 is 1.59 bits per heavy atom. The fraction of sp³-hybridized carbons (Fsp3) is 0.0606. The topological polar surface area (TPSA) is 10.9 Å². The highest BCUT2D eigenvalue weighted by Gasteiger charge is 2.42. The molecule has 1 aliphatic heterocycles. The van der Waals surface area contributed by atoms with Crippen LogP contribution >= 0.6 is 0 Å². The van der Waals surface area contributed by atoms with Crippen molar-refractivity contribution in [2.75, 3.05) is 9.80 Å². The Hall–Kier alpha value is -8.44. The first-order valence-corrected chi connectivity index (χ1v) is 26.7. The Balaban J connectivity index is 0.911. The van der Waals surface area contributed by atoms with E-state index < -0.39 is 8.07 Å². The molecule has 0 bridgehead atoms. The van der Waals surface area contributed by atoms with Gasteiger partial charge in [-0.05, 0) is 105 Å². The second-order valence-electron chi connectivity index (χ2n) is 19.1. The van der Waals surface area contributed by atoms with E-state index in [1.165, 1.54) is 98.3 Å². The molecule has 0 N–H and O–H groups in total. The smallest absolute Gasteiger partial charge is 0.179 e. The quantitative estimate of drug-likeness (QED) is 0.106. The molecule has 0 radical (unpaired) electrons. The van der Waals surface area contributed by atoms with Crippen LogP contribution in [0.4, 0.5) is 22.7 Å². The van der Waals surface area contributed by atoms with E-state index in [0.29, 0.717) is 5.92 Å². The van der Waals surface area contributed by atoms with E-state index >= 15 is 0 Å². The van der Waals surface area contributed by atoms with Crippen LogP contribution in [0.5, 0.6) is 0 Å². The summed E-state index contributed by atoms with van der Waals surface area (Å²) in [5.41, 5.74) is 12.6. The minimum Gasteiger partial charge on any atom is -0.334 e. The highest BCUT2D eigenvalue weighted by Crippen LogP contribution is 2.49. The van der Waals surface area contributed by atoms with Gasteiger partial charge in [0.2, 0.25) is 0 Å². The molecule has 3 unspecified atom stereocenters. The maximum atomic E-state index is 2.61. The normalized spacial score (nSPS) is 17.4. The molecule has 4 heteroatoms. The monoisotopic (exact) mass is 911 g/mol. The van der Waals surface area contributed by atoms with Gasteiger partial charge in [-0.2, -0.15) is 0 Å². The lowest BCUT2D eigenvalue weighted by Gasteiger charge is -2.36. The van der Waals surface area contributed by atoms with E-state index in [4.69, 9.17) is 0 Å². The van der Waals surface area contributed by atoms with Crippen LogP contribution in [-0.4, -0.2) is 24.6 Å². The zero-order valence-electron chi connectivity index (χ0n) is 38.7. The maximum absolute atomic E-state index is 2.73. The molecule has 0 spiro atoms. The molecule has 2 aromatic heterocycles. The lowest BCUT2D eigenvalue weighted by Crippen LogP contribution is -2.74.